The molecule has 218 valence electrons. The molecule has 1 aliphatic heterocycles. The molecule has 1 heterocycles. The van der Waals surface area contributed by atoms with Crippen LogP contribution in [0.1, 0.15) is 55.2 Å². The molecule has 3 aromatic rings. The van der Waals surface area contributed by atoms with Crippen molar-refractivity contribution in [2.45, 2.75) is 50.6 Å². The Labute approximate surface area is 253 Å². The first-order valence-corrected chi connectivity index (χ1v) is 14.8. The predicted octanol–water partition coefficient (Wildman–Crippen LogP) is 6.65. The molecular weight excluding hydrogens is 557 g/mol. The van der Waals surface area contributed by atoms with Crippen LogP contribution in [0.25, 0.3) is 0 Å². The highest BCUT2D eigenvalue weighted by atomic mass is 35.5. The van der Waals surface area contributed by atoms with Crippen molar-refractivity contribution in [3.8, 4) is 5.75 Å². The van der Waals surface area contributed by atoms with Crippen LogP contribution in [0.4, 0.5) is 0 Å². The Kier molecular flexibility index (Phi) is 10.7. The second-order valence-corrected chi connectivity index (χ2v) is 11.7. The van der Waals surface area contributed by atoms with Gasteiger partial charge in [0.2, 0.25) is 11.8 Å². The summed E-state index contributed by atoms with van der Waals surface area (Å²) in [4.78, 5) is 29.7. The molecule has 1 atom stereocenters. The Morgan fingerprint density at radius 3 is 2.34 bits per heavy atom. The third-order valence-corrected chi connectivity index (χ3v) is 8.85. The topological polar surface area (TPSA) is 61.9 Å². The number of nitrogens with zero attached hydrogens (tertiary/aromatic N) is 2. The third kappa shape index (κ3) is 8.03. The van der Waals surface area contributed by atoms with Crippen molar-refractivity contribution in [3.63, 3.8) is 0 Å². The number of nitrogens with one attached hydrogen (secondary N) is 1. The minimum absolute atomic E-state index is 0.0160. The van der Waals surface area contributed by atoms with Gasteiger partial charge in [0.15, 0.2) is 0 Å². The van der Waals surface area contributed by atoms with E-state index >= 15 is 0 Å². The Hall–Kier alpha value is -3.06. The van der Waals surface area contributed by atoms with Gasteiger partial charge >= 0.3 is 0 Å². The molecule has 41 heavy (non-hydrogen) atoms. The molecule has 1 N–H and O–H groups in total. The van der Waals surface area contributed by atoms with Crippen molar-refractivity contribution in [1.82, 2.24) is 15.1 Å². The number of benzene rings is 3. The molecule has 1 aliphatic rings. The number of piperidine rings is 1. The van der Waals surface area contributed by atoms with E-state index in [2.05, 4.69) is 22.3 Å². The van der Waals surface area contributed by atoms with Crippen LogP contribution in [-0.4, -0.2) is 55.4 Å². The molecule has 0 aromatic heterocycles. The lowest BCUT2D eigenvalue weighted by Crippen LogP contribution is -2.52. The highest BCUT2D eigenvalue weighted by molar-refractivity contribution is 6.42. The Morgan fingerprint density at radius 1 is 1.00 bits per heavy atom. The average molecular weight is 597 g/mol. The maximum Gasteiger partial charge on any atom is 0.223 e. The van der Waals surface area contributed by atoms with Crippen molar-refractivity contribution in [2.24, 2.45) is 0 Å². The monoisotopic (exact) mass is 595 g/mol. The molecule has 4 rings (SSSR count). The van der Waals surface area contributed by atoms with Gasteiger partial charge in [0.1, 0.15) is 5.75 Å². The zero-order valence-corrected chi connectivity index (χ0v) is 25.5. The largest absolute Gasteiger partial charge is 0.496 e. The standard InChI is InChI=1S/C33H39Cl2N3O3/c1-24(39)36-33(28-10-5-4-6-11-28)16-19-38(20-17-33)18-15-26(25-13-14-29(34)30(35)21-25)22-32(40)37(2)23-27-9-7-8-12-31(27)41-3/h4-14,21,26H,15-20,22-23H2,1-3H3,(H,36,39)/t26-/m0/s1. The molecule has 1 fully saturated rings. The molecule has 0 bridgehead atoms. The van der Waals surface area contributed by atoms with E-state index in [9.17, 15) is 9.59 Å². The fourth-order valence-corrected chi connectivity index (χ4v) is 6.08. The van der Waals surface area contributed by atoms with E-state index in [1.807, 2.05) is 61.6 Å². The quantitative estimate of drug-likeness (QED) is 0.269. The molecule has 0 saturated carbocycles. The fraction of sp³-hybridized carbons (Fsp3) is 0.394. The lowest BCUT2D eigenvalue weighted by Gasteiger charge is -2.43. The summed E-state index contributed by atoms with van der Waals surface area (Å²) < 4.78 is 5.48. The fourth-order valence-electron chi connectivity index (χ4n) is 5.77. The van der Waals surface area contributed by atoms with Gasteiger partial charge in [0.05, 0.1) is 22.7 Å². The van der Waals surface area contributed by atoms with Crippen LogP contribution in [0.15, 0.2) is 72.8 Å². The minimum atomic E-state index is -0.357. The van der Waals surface area contributed by atoms with E-state index < -0.39 is 0 Å². The number of halogens is 2. The number of para-hydroxylation sites is 1. The number of methoxy groups -OCH3 is 1. The number of rotatable bonds is 11. The van der Waals surface area contributed by atoms with Crippen LogP contribution in [0.5, 0.6) is 5.75 Å². The molecule has 3 aromatic carbocycles. The van der Waals surface area contributed by atoms with Crippen LogP contribution in [0.2, 0.25) is 10.0 Å². The van der Waals surface area contributed by atoms with E-state index in [0.29, 0.717) is 23.0 Å². The van der Waals surface area contributed by atoms with Gasteiger partial charge in [0.25, 0.3) is 0 Å². The summed E-state index contributed by atoms with van der Waals surface area (Å²) in [6, 6.07) is 23.7. The molecule has 0 aliphatic carbocycles. The van der Waals surface area contributed by atoms with Crippen molar-refractivity contribution in [3.05, 3.63) is 99.5 Å². The van der Waals surface area contributed by atoms with Crippen molar-refractivity contribution >= 4 is 35.0 Å². The number of hydrogen-bond donors (Lipinski definition) is 1. The van der Waals surface area contributed by atoms with Gasteiger partial charge in [0, 0.05) is 45.6 Å². The first-order chi connectivity index (χ1) is 19.7. The third-order valence-electron chi connectivity index (χ3n) is 8.11. The SMILES string of the molecule is COc1ccccc1CN(C)C(=O)C[C@H](CCN1CCC(NC(C)=O)(c2ccccc2)CC1)c1ccc(Cl)c(Cl)c1. The predicted molar refractivity (Wildman–Crippen MR) is 166 cm³/mol. The molecule has 0 unspecified atom stereocenters. The summed E-state index contributed by atoms with van der Waals surface area (Å²) in [5.74, 6) is 0.787. The van der Waals surface area contributed by atoms with Gasteiger partial charge in [-0.15, -0.1) is 0 Å². The Morgan fingerprint density at radius 2 is 1.68 bits per heavy atom. The number of carbonyl (C=O) groups is 2. The summed E-state index contributed by atoms with van der Waals surface area (Å²) in [7, 11) is 3.47. The van der Waals surface area contributed by atoms with E-state index in [1.165, 1.54) is 0 Å². The zero-order valence-electron chi connectivity index (χ0n) is 24.0. The van der Waals surface area contributed by atoms with Crippen LogP contribution < -0.4 is 10.1 Å². The molecular formula is C33H39Cl2N3O3. The Bertz CT molecular complexity index is 1330. The van der Waals surface area contributed by atoms with Gasteiger partial charge in [-0.2, -0.15) is 0 Å². The van der Waals surface area contributed by atoms with Crippen LogP contribution in [0.3, 0.4) is 0 Å². The minimum Gasteiger partial charge on any atom is -0.496 e. The maximum absolute atomic E-state index is 13.5. The first kappa shape index (κ1) is 30.9. The number of carbonyl (C=O) groups excluding carboxylic acids is 2. The van der Waals surface area contributed by atoms with E-state index in [-0.39, 0.29) is 23.3 Å². The maximum atomic E-state index is 13.5. The highest BCUT2D eigenvalue weighted by Gasteiger charge is 2.37. The lowest BCUT2D eigenvalue weighted by atomic mass is 9.80. The second-order valence-electron chi connectivity index (χ2n) is 10.9. The van der Waals surface area contributed by atoms with Gasteiger partial charge in [-0.1, -0.05) is 77.8 Å². The summed E-state index contributed by atoms with van der Waals surface area (Å²) in [6.07, 6.45) is 2.81. The van der Waals surface area contributed by atoms with Gasteiger partial charge in [-0.25, -0.2) is 0 Å². The molecule has 2 amide bonds. The van der Waals surface area contributed by atoms with Crippen LogP contribution >= 0.6 is 23.2 Å². The number of hydrogen-bond acceptors (Lipinski definition) is 4. The number of likely N-dealkylation sites (tertiary alicyclic amines) is 1. The summed E-state index contributed by atoms with van der Waals surface area (Å²) >= 11 is 12.6. The molecule has 6 nitrogen and oxygen atoms in total. The van der Waals surface area contributed by atoms with Crippen molar-refractivity contribution in [2.75, 3.05) is 33.8 Å². The number of ether oxygens (including phenoxy) is 1. The van der Waals surface area contributed by atoms with Gasteiger partial charge < -0.3 is 19.9 Å². The molecule has 8 heteroatoms. The average Bonchev–Trinajstić information content (AvgIpc) is 2.97. The normalized spacial score (nSPS) is 15.6. The highest BCUT2D eigenvalue weighted by Crippen LogP contribution is 2.35. The zero-order chi connectivity index (χ0) is 29.4. The lowest BCUT2D eigenvalue weighted by molar-refractivity contribution is -0.131. The van der Waals surface area contributed by atoms with Crippen molar-refractivity contribution < 1.29 is 14.3 Å². The van der Waals surface area contributed by atoms with E-state index in [1.54, 1.807) is 25.0 Å². The van der Waals surface area contributed by atoms with Crippen LogP contribution in [0, 0.1) is 0 Å². The van der Waals surface area contributed by atoms with E-state index in [4.69, 9.17) is 27.9 Å². The van der Waals surface area contributed by atoms with Crippen LogP contribution in [-0.2, 0) is 21.7 Å². The summed E-state index contributed by atoms with van der Waals surface area (Å²) in [5, 5.41) is 4.24. The molecule has 0 spiro atoms. The first-order valence-electron chi connectivity index (χ1n) is 14.1. The smallest absolute Gasteiger partial charge is 0.223 e. The van der Waals surface area contributed by atoms with Crippen molar-refractivity contribution in [1.29, 1.82) is 0 Å². The molecule has 0 radical (unpaired) electrons. The second kappa shape index (κ2) is 14.2. The summed E-state index contributed by atoms with van der Waals surface area (Å²) in [6.45, 7) is 4.59. The van der Waals surface area contributed by atoms with Gasteiger partial charge in [-0.05, 0) is 61.1 Å². The number of amides is 2. The summed E-state index contributed by atoms with van der Waals surface area (Å²) in [5.41, 5.74) is 2.76. The van der Waals surface area contributed by atoms with Gasteiger partial charge in [-0.3, -0.25) is 9.59 Å². The van der Waals surface area contributed by atoms with E-state index in [0.717, 1.165) is 61.3 Å². The Balaban J connectivity index is 1.44. The molecule has 1 saturated heterocycles.